The Morgan fingerprint density at radius 1 is 1.27 bits per heavy atom. The molecule has 0 heterocycles. The van der Waals surface area contributed by atoms with Gasteiger partial charge in [-0.2, -0.15) is 8.78 Å². The Balaban J connectivity index is 3.04. The molecule has 0 radical (unpaired) electrons. The van der Waals surface area contributed by atoms with Gasteiger partial charge in [-0.3, -0.25) is 0 Å². The zero-order valence-corrected chi connectivity index (χ0v) is 9.28. The van der Waals surface area contributed by atoms with Gasteiger partial charge in [0.1, 0.15) is 16.5 Å². The van der Waals surface area contributed by atoms with E-state index < -0.39 is 6.61 Å². The van der Waals surface area contributed by atoms with Crippen molar-refractivity contribution in [1.82, 2.24) is 0 Å². The first-order valence-electron chi connectivity index (χ1n) is 4.11. The summed E-state index contributed by atoms with van der Waals surface area (Å²) in [5, 5.41) is 0.208. The summed E-state index contributed by atoms with van der Waals surface area (Å²) < 4.78 is 33.3. The molecule has 1 aromatic rings. The normalized spacial score (nSPS) is 10.5. The van der Waals surface area contributed by atoms with Crippen molar-refractivity contribution in [3.63, 3.8) is 0 Å². The van der Waals surface area contributed by atoms with Gasteiger partial charge in [0.2, 0.25) is 0 Å². The summed E-state index contributed by atoms with van der Waals surface area (Å²) in [6.07, 6.45) is 0. The lowest BCUT2D eigenvalue weighted by molar-refractivity contribution is -0.0498. The van der Waals surface area contributed by atoms with E-state index in [1.165, 1.54) is 12.1 Å². The Bertz CT molecular complexity index is 345. The Kier molecular flexibility index (Phi) is 4.42. The van der Waals surface area contributed by atoms with Crippen molar-refractivity contribution in [1.29, 1.82) is 0 Å². The summed E-state index contributed by atoms with van der Waals surface area (Å²) in [4.78, 5) is 0. The van der Waals surface area contributed by atoms with E-state index in [9.17, 15) is 8.78 Å². The van der Waals surface area contributed by atoms with Crippen LogP contribution in [0.2, 0.25) is 10.0 Å². The van der Waals surface area contributed by atoms with Gasteiger partial charge in [0.05, 0.1) is 6.61 Å². The third-order valence-corrected chi connectivity index (χ3v) is 2.08. The van der Waals surface area contributed by atoms with Gasteiger partial charge in [0.25, 0.3) is 0 Å². The maximum atomic E-state index is 12.0. The van der Waals surface area contributed by atoms with Crippen molar-refractivity contribution in [2.45, 2.75) is 13.5 Å². The van der Waals surface area contributed by atoms with Crippen LogP contribution < -0.4 is 9.47 Å². The predicted octanol–water partition coefficient (Wildman–Crippen LogP) is 3.99. The smallest absolute Gasteiger partial charge is 0.387 e. The van der Waals surface area contributed by atoms with Crippen LogP contribution >= 0.6 is 23.2 Å². The topological polar surface area (TPSA) is 18.5 Å². The van der Waals surface area contributed by atoms with Gasteiger partial charge in [-0.1, -0.05) is 23.2 Å². The lowest BCUT2D eigenvalue weighted by Gasteiger charge is -2.11. The summed E-state index contributed by atoms with van der Waals surface area (Å²) in [7, 11) is 0. The fourth-order valence-corrected chi connectivity index (χ4v) is 1.39. The molecular weight excluding hydrogens is 249 g/mol. The Hall–Kier alpha value is -0.740. The quantitative estimate of drug-likeness (QED) is 0.811. The highest BCUT2D eigenvalue weighted by Gasteiger charge is 2.14. The molecule has 0 saturated carbocycles. The SMILES string of the molecule is CCOc1cc(Cl)cc(OC(F)F)c1Cl. The summed E-state index contributed by atoms with van der Waals surface area (Å²) in [5.41, 5.74) is 0. The maximum Gasteiger partial charge on any atom is 0.387 e. The Labute approximate surface area is 95.7 Å². The molecule has 84 valence electrons. The van der Waals surface area contributed by atoms with Crippen LogP contribution in [0.5, 0.6) is 11.5 Å². The third-order valence-electron chi connectivity index (χ3n) is 1.49. The lowest BCUT2D eigenvalue weighted by Crippen LogP contribution is -2.03. The van der Waals surface area contributed by atoms with Crippen molar-refractivity contribution in [3.8, 4) is 11.5 Å². The van der Waals surface area contributed by atoms with Gasteiger partial charge in [0, 0.05) is 17.2 Å². The minimum absolute atomic E-state index is 0.0125. The largest absolute Gasteiger partial charge is 0.492 e. The summed E-state index contributed by atoms with van der Waals surface area (Å²) in [6, 6.07) is 2.64. The molecular formula is C9H8Cl2F2O2. The molecule has 0 amide bonds. The van der Waals surface area contributed by atoms with Crippen molar-refractivity contribution in [2.24, 2.45) is 0 Å². The average Bonchev–Trinajstić information content (AvgIpc) is 2.12. The number of alkyl halides is 2. The predicted molar refractivity (Wildman–Crippen MR) is 54.3 cm³/mol. The number of benzene rings is 1. The van der Waals surface area contributed by atoms with E-state index in [1.807, 2.05) is 0 Å². The van der Waals surface area contributed by atoms with Gasteiger partial charge in [-0.25, -0.2) is 0 Å². The second kappa shape index (κ2) is 5.37. The van der Waals surface area contributed by atoms with Gasteiger partial charge < -0.3 is 9.47 Å². The van der Waals surface area contributed by atoms with Gasteiger partial charge in [0.15, 0.2) is 0 Å². The van der Waals surface area contributed by atoms with Crippen LogP contribution in [0.1, 0.15) is 6.92 Å². The van der Waals surface area contributed by atoms with Crippen LogP contribution in [0.4, 0.5) is 8.78 Å². The van der Waals surface area contributed by atoms with Crippen molar-refractivity contribution in [3.05, 3.63) is 22.2 Å². The minimum Gasteiger partial charge on any atom is -0.492 e. The van der Waals surface area contributed by atoms with E-state index in [-0.39, 0.29) is 21.5 Å². The van der Waals surface area contributed by atoms with Crippen LogP contribution in [-0.4, -0.2) is 13.2 Å². The third kappa shape index (κ3) is 3.39. The molecule has 0 atom stereocenters. The van der Waals surface area contributed by atoms with Crippen molar-refractivity contribution in [2.75, 3.05) is 6.61 Å². The number of halogens is 4. The molecule has 0 spiro atoms. The molecule has 1 aromatic carbocycles. The zero-order valence-electron chi connectivity index (χ0n) is 7.77. The molecule has 0 aliphatic rings. The van der Waals surface area contributed by atoms with E-state index in [0.717, 1.165) is 0 Å². The van der Waals surface area contributed by atoms with E-state index in [4.69, 9.17) is 27.9 Å². The highest BCUT2D eigenvalue weighted by atomic mass is 35.5. The van der Waals surface area contributed by atoms with Gasteiger partial charge in [-0.05, 0) is 6.92 Å². The zero-order chi connectivity index (χ0) is 11.4. The number of rotatable bonds is 4. The molecule has 1 rings (SSSR count). The van der Waals surface area contributed by atoms with Crippen molar-refractivity contribution < 1.29 is 18.3 Å². The minimum atomic E-state index is -2.95. The second-order valence-corrected chi connectivity index (χ2v) is 3.34. The standard InChI is InChI=1S/C9H8Cl2F2O2/c1-2-14-6-3-5(10)4-7(8(6)11)15-9(12)13/h3-4,9H,2H2,1H3. The fraction of sp³-hybridized carbons (Fsp3) is 0.333. The number of hydrogen-bond donors (Lipinski definition) is 0. The molecule has 0 saturated heterocycles. The lowest BCUT2D eigenvalue weighted by atomic mass is 10.3. The number of hydrogen-bond acceptors (Lipinski definition) is 2. The molecule has 15 heavy (non-hydrogen) atoms. The first-order chi connectivity index (χ1) is 7.04. The molecule has 0 N–H and O–H groups in total. The summed E-state index contributed by atoms with van der Waals surface area (Å²) in [5.74, 6) is 0.0323. The fourth-order valence-electron chi connectivity index (χ4n) is 0.983. The number of ether oxygens (including phenoxy) is 2. The highest BCUT2D eigenvalue weighted by Crippen LogP contribution is 2.37. The van der Waals surface area contributed by atoms with E-state index in [2.05, 4.69) is 4.74 Å². The second-order valence-electron chi connectivity index (χ2n) is 2.53. The van der Waals surface area contributed by atoms with Gasteiger partial charge >= 0.3 is 6.61 Å². The Morgan fingerprint density at radius 3 is 2.40 bits per heavy atom. The van der Waals surface area contributed by atoms with Crippen LogP contribution in [0.15, 0.2) is 12.1 Å². The Morgan fingerprint density at radius 2 is 1.87 bits per heavy atom. The monoisotopic (exact) mass is 256 g/mol. The molecule has 0 unspecified atom stereocenters. The molecule has 0 bridgehead atoms. The molecule has 0 aromatic heterocycles. The molecule has 6 heteroatoms. The molecule has 2 nitrogen and oxygen atoms in total. The van der Waals surface area contributed by atoms with Crippen LogP contribution in [0, 0.1) is 0 Å². The van der Waals surface area contributed by atoms with E-state index >= 15 is 0 Å². The van der Waals surface area contributed by atoms with Crippen LogP contribution in [0.3, 0.4) is 0 Å². The van der Waals surface area contributed by atoms with E-state index in [0.29, 0.717) is 6.61 Å². The molecule has 0 aliphatic carbocycles. The van der Waals surface area contributed by atoms with Crippen LogP contribution in [0.25, 0.3) is 0 Å². The summed E-state index contributed by atoms with van der Waals surface area (Å²) >= 11 is 11.4. The molecule has 0 fully saturated rings. The average molecular weight is 257 g/mol. The maximum absolute atomic E-state index is 12.0. The molecule has 0 aliphatic heterocycles. The van der Waals surface area contributed by atoms with Gasteiger partial charge in [-0.15, -0.1) is 0 Å². The van der Waals surface area contributed by atoms with E-state index in [1.54, 1.807) is 6.92 Å². The first-order valence-corrected chi connectivity index (χ1v) is 4.86. The first kappa shape index (κ1) is 12.3. The van der Waals surface area contributed by atoms with Crippen LogP contribution in [-0.2, 0) is 0 Å². The summed E-state index contributed by atoms with van der Waals surface area (Å²) in [6.45, 7) is -0.852. The highest BCUT2D eigenvalue weighted by molar-refractivity contribution is 6.35. The van der Waals surface area contributed by atoms with Crippen molar-refractivity contribution >= 4 is 23.2 Å².